The van der Waals surface area contributed by atoms with Gasteiger partial charge in [-0.05, 0) is 20.8 Å². The van der Waals surface area contributed by atoms with E-state index in [2.05, 4.69) is 10.2 Å². The topological polar surface area (TPSA) is 75.0 Å². The van der Waals surface area contributed by atoms with E-state index in [-0.39, 0.29) is 11.4 Å². The number of hydrogen-bond acceptors (Lipinski definition) is 3. The first-order chi connectivity index (χ1) is 8.13. The molecule has 0 aliphatic heterocycles. The van der Waals surface area contributed by atoms with Crippen LogP contribution >= 0.6 is 0 Å². The number of rotatable bonds is 3. The zero-order chi connectivity index (χ0) is 14.1. The van der Waals surface area contributed by atoms with E-state index in [1.807, 2.05) is 0 Å². The Morgan fingerprint density at radius 1 is 1.50 bits per heavy atom. The summed E-state index contributed by atoms with van der Waals surface area (Å²) in [5.41, 5.74) is 5.94. The molecule has 0 bridgehead atoms. The highest BCUT2D eigenvalue weighted by molar-refractivity contribution is 5.97. The number of hydrogen-bond donors (Lipinski definition) is 2. The number of carbonyl (C=O) groups excluding carboxylic acids is 1. The first-order valence-electron chi connectivity index (χ1n) is 5.31. The Balaban J connectivity index is 3.01. The van der Waals surface area contributed by atoms with E-state index in [0.717, 1.165) is 0 Å². The van der Waals surface area contributed by atoms with E-state index in [1.165, 1.54) is 13.8 Å². The van der Waals surface area contributed by atoms with Crippen LogP contribution in [0.4, 0.5) is 18.9 Å². The highest BCUT2D eigenvalue weighted by Gasteiger charge is 2.35. The average molecular weight is 264 g/mol. The lowest BCUT2D eigenvalue weighted by atomic mass is 10.2. The Labute approximate surface area is 102 Å². The molecule has 1 heterocycles. The van der Waals surface area contributed by atoms with Crippen molar-refractivity contribution in [2.45, 2.75) is 33.0 Å². The van der Waals surface area contributed by atoms with Gasteiger partial charge in [0, 0.05) is 6.04 Å². The second kappa shape index (κ2) is 4.87. The van der Waals surface area contributed by atoms with Gasteiger partial charge < -0.3 is 10.6 Å². The number of H-pyrrole nitrogens is 1. The van der Waals surface area contributed by atoms with Crippen LogP contribution in [0.5, 0.6) is 0 Å². The zero-order valence-electron chi connectivity index (χ0n) is 10.3. The SMILES string of the molecule is Cc1[nH]nc(C(=O)N(CC(F)(F)F)C(C)C)c1N. The number of anilines is 1. The van der Waals surface area contributed by atoms with Crippen LogP contribution in [0.25, 0.3) is 0 Å². The van der Waals surface area contributed by atoms with Crippen LogP contribution < -0.4 is 5.73 Å². The number of nitrogens with zero attached hydrogens (tertiary/aromatic N) is 2. The number of aryl methyl sites for hydroxylation is 1. The molecule has 3 N–H and O–H groups in total. The largest absolute Gasteiger partial charge is 0.406 e. The zero-order valence-corrected chi connectivity index (χ0v) is 10.3. The third-order valence-electron chi connectivity index (χ3n) is 2.43. The maximum absolute atomic E-state index is 12.4. The molecule has 0 fully saturated rings. The average Bonchev–Trinajstić information content (AvgIpc) is 2.54. The predicted molar refractivity (Wildman–Crippen MR) is 60.0 cm³/mol. The minimum absolute atomic E-state index is 0.0767. The van der Waals surface area contributed by atoms with Crippen LogP contribution in [0.2, 0.25) is 0 Å². The molecule has 8 heteroatoms. The standard InChI is InChI=1S/C10H15F3N4O/c1-5(2)17(4-10(11,12)13)9(18)8-7(14)6(3)15-16-8/h5H,4,14H2,1-3H3,(H,15,16). The van der Waals surface area contributed by atoms with Gasteiger partial charge >= 0.3 is 6.18 Å². The van der Waals surface area contributed by atoms with Crippen LogP contribution in [0, 0.1) is 6.92 Å². The van der Waals surface area contributed by atoms with Gasteiger partial charge in [0.1, 0.15) is 6.54 Å². The van der Waals surface area contributed by atoms with Crippen molar-refractivity contribution in [2.75, 3.05) is 12.3 Å². The van der Waals surface area contributed by atoms with Crippen molar-refractivity contribution in [3.63, 3.8) is 0 Å². The second-order valence-electron chi connectivity index (χ2n) is 4.25. The van der Waals surface area contributed by atoms with Gasteiger partial charge in [0.2, 0.25) is 0 Å². The lowest BCUT2D eigenvalue weighted by Gasteiger charge is -2.27. The number of carbonyl (C=O) groups is 1. The Bertz CT molecular complexity index is 439. The molecule has 5 nitrogen and oxygen atoms in total. The maximum atomic E-state index is 12.4. The Morgan fingerprint density at radius 2 is 2.06 bits per heavy atom. The van der Waals surface area contributed by atoms with E-state index in [1.54, 1.807) is 6.92 Å². The monoisotopic (exact) mass is 264 g/mol. The third kappa shape index (κ3) is 3.14. The molecular weight excluding hydrogens is 249 g/mol. The molecule has 1 aromatic heterocycles. The van der Waals surface area contributed by atoms with Gasteiger partial charge in [-0.3, -0.25) is 9.89 Å². The molecule has 1 rings (SSSR count). The van der Waals surface area contributed by atoms with Crippen LogP contribution in [0.3, 0.4) is 0 Å². The molecular formula is C10H15F3N4O. The van der Waals surface area contributed by atoms with Crippen molar-refractivity contribution in [3.8, 4) is 0 Å². The predicted octanol–water partition coefficient (Wildman–Crippen LogP) is 1.71. The molecule has 102 valence electrons. The first kappa shape index (κ1) is 14.3. The lowest BCUT2D eigenvalue weighted by molar-refractivity contribution is -0.143. The summed E-state index contributed by atoms with van der Waals surface area (Å²) in [6.07, 6.45) is -4.46. The molecule has 0 saturated carbocycles. The number of aromatic nitrogens is 2. The third-order valence-corrected chi connectivity index (χ3v) is 2.43. The van der Waals surface area contributed by atoms with Crippen molar-refractivity contribution in [1.82, 2.24) is 15.1 Å². The fraction of sp³-hybridized carbons (Fsp3) is 0.600. The van der Waals surface area contributed by atoms with Crippen molar-refractivity contribution < 1.29 is 18.0 Å². The molecule has 0 aliphatic carbocycles. The van der Waals surface area contributed by atoms with Crippen LogP contribution in [-0.4, -0.2) is 39.8 Å². The normalized spacial score (nSPS) is 11.9. The number of aromatic amines is 1. The minimum atomic E-state index is -4.46. The number of nitrogens with two attached hydrogens (primary N) is 1. The van der Waals surface area contributed by atoms with E-state index < -0.39 is 24.7 Å². The summed E-state index contributed by atoms with van der Waals surface area (Å²) in [5, 5.41) is 6.11. The summed E-state index contributed by atoms with van der Waals surface area (Å²) >= 11 is 0. The molecule has 0 unspecified atom stereocenters. The molecule has 0 atom stereocenters. The Hall–Kier alpha value is -1.73. The fourth-order valence-corrected chi connectivity index (χ4v) is 1.42. The summed E-state index contributed by atoms with van der Waals surface area (Å²) in [7, 11) is 0. The number of nitrogens with one attached hydrogen (secondary N) is 1. The Morgan fingerprint density at radius 3 is 2.39 bits per heavy atom. The maximum Gasteiger partial charge on any atom is 0.406 e. The lowest BCUT2D eigenvalue weighted by Crippen LogP contribution is -2.43. The molecule has 1 amide bonds. The molecule has 0 aromatic carbocycles. The van der Waals surface area contributed by atoms with Gasteiger partial charge in [0.05, 0.1) is 11.4 Å². The Kier molecular flexibility index (Phi) is 3.88. The molecule has 18 heavy (non-hydrogen) atoms. The van der Waals surface area contributed by atoms with E-state index in [4.69, 9.17) is 5.73 Å². The van der Waals surface area contributed by atoms with Crippen LogP contribution in [0.15, 0.2) is 0 Å². The summed E-state index contributed by atoms with van der Waals surface area (Å²) < 4.78 is 37.2. The second-order valence-corrected chi connectivity index (χ2v) is 4.25. The highest BCUT2D eigenvalue weighted by Crippen LogP contribution is 2.22. The van der Waals surface area contributed by atoms with Gasteiger partial charge in [0.25, 0.3) is 5.91 Å². The molecule has 1 aromatic rings. The van der Waals surface area contributed by atoms with Crippen LogP contribution in [0.1, 0.15) is 30.0 Å². The highest BCUT2D eigenvalue weighted by atomic mass is 19.4. The number of halogens is 3. The summed E-state index contributed by atoms with van der Waals surface area (Å²) in [4.78, 5) is 12.6. The van der Waals surface area contributed by atoms with Gasteiger partial charge in [0.15, 0.2) is 5.69 Å². The summed E-state index contributed by atoms with van der Waals surface area (Å²) in [5.74, 6) is -0.829. The fourth-order valence-electron chi connectivity index (χ4n) is 1.42. The van der Waals surface area contributed by atoms with Crippen molar-refractivity contribution in [3.05, 3.63) is 11.4 Å². The van der Waals surface area contributed by atoms with E-state index in [0.29, 0.717) is 10.6 Å². The first-order valence-corrected chi connectivity index (χ1v) is 5.31. The van der Waals surface area contributed by atoms with Crippen LogP contribution in [-0.2, 0) is 0 Å². The van der Waals surface area contributed by atoms with E-state index in [9.17, 15) is 18.0 Å². The van der Waals surface area contributed by atoms with Gasteiger partial charge in [-0.25, -0.2) is 0 Å². The molecule has 0 radical (unpaired) electrons. The minimum Gasteiger partial charge on any atom is -0.395 e. The smallest absolute Gasteiger partial charge is 0.395 e. The molecule has 0 saturated heterocycles. The van der Waals surface area contributed by atoms with Crippen molar-refractivity contribution in [2.24, 2.45) is 0 Å². The summed E-state index contributed by atoms with van der Waals surface area (Å²) in [6, 6.07) is -0.601. The van der Waals surface area contributed by atoms with E-state index >= 15 is 0 Å². The quantitative estimate of drug-likeness (QED) is 0.872. The number of alkyl halides is 3. The number of nitrogen functional groups attached to an aromatic ring is 1. The van der Waals surface area contributed by atoms with Gasteiger partial charge in [-0.15, -0.1) is 0 Å². The molecule has 0 spiro atoms. The van der Waals surface area contributed by atoms with Crippen molar-refractivity contribution in [1.29, 1.82) is 0 Å². The molecule has 0 aliphatic rings. The number of amides is 1. The van der Waals surface area contributed by atoms with Gasteiger partial charge in [-0.2, -0.15) is 18.3 Å². The summed E-state index contributed by atoms with van der Waals surface area (Å²) in [6.45, 7) is 3.26. The van der Waals surface area contributed by atoms with Gasteiger partial charge in [-0.1, -0.05) is 0 Å². The van der Waals surface area contributed by atoms with Crippen molar-refractivity contribution >= 4 is 11.6 Å².